The zero-order valence-corrected chi connectivity index (χ0v) is 9.72. The summed E-state index contributed by atoms with van der Waals surface area (Å²) in [6, 6.07) is 0. The van der Waals surface area contributed by atoms with Crippen LogP contribution >= 0.6 is 0 Å². The molecular formula is C11H17N3O2. The molecule has 0 aliphatic heterocycles. The van der Waals surface area contributed by atoms with Crippen LogP contribution in [0.2, 0.25) is 0 Å². The molecule has 5 heteroatoms. The van der Waals surface area contributed by atoms with Gasteiger partial charge in [0.1, 0.15) is 0 Å². The number of nitrogens with zero attached hydrogens (tertiary/aromatic N) is 3. The van der Waals surface area contributed by atoms with Crippen molar-refractivity contribution in [2.24, 2.45) is 0 Å². The third kappa shape index (κ3) is 4.84. The van der Waals surface area contributed by atoms with Crippen LogP contribution in [0, 0.1) is 0 Å². The van der Waals surface area contributed by atoms with Gasteiger partial charge in [-0.05, 0) is 14.0 Å². The van der Waals surface area contributed by atoms with Crippen LogP contribution in [0.1, 0.15) is 19.0 Å². The molecule has 0 spiro atoms. The lowest BCUT2D eigenvalue weighted by Gasteiger charge is -2.14. The van der Waals surface area contributed by atoms with Gasteiger partial charge in [-0.1, -0.05) is 0 Å². The molecule has 0 unspecified atom stereocenters. The van der Waals surface area contributed by atoms with Gasteiger partial charge in [-0.3, -0.25) is 19.7 Å². The van der Waals surface area contributed by atoms with E-state index in [9.17, 15) is 4.79 Å². The molecule has 88 valence electrons. The summed E-state index contributed by atoms with van der Waals surface area (Å²) in [6.45, 7) is 3.59. The van der Waals surface area contributed by atoms with Crippen LogP contribution in [0.25, 0.3) is 0 Å². The van der Waals surface area contributed by atoms with Crippen molar-refractivity contribution < 1.29 is 9.53 Å². The minimum absolute atomic E-state index is 0.159. The van der Waals surface area contributed by atoms with Gasteiger partial charge >= 0.3 is 5.97 Å². The van der Waals surface area contributed by atoms with Crippen LogP contribution in [0.15, 0.2) is 18.6 Å². The smallest absolute Gasteiger partial charge is 0.307 e. The number of carbonyl (C=O) groups excluding carboxylic acids is 1. The van der Waals surface area contributed by atoms with Gasteiger partial charge < -0.3 is 4.74 Å². The van der Waals surface area contributed by atoms with E-state index in [0.717, 1.165) is 5.69 Å². The molecule has 0 bridgehead atoms. The van der Waals surface area contributed by atoms with Crippen LogP contribution in [0.4, 0.5) is 0 Å². The summed E-state index contributed by atoms with van der Waals surface area (Å²) in [4.78, 5) is 21.3. The van der Waals surface area contributed by atoms with Crippen molar-refractivity contribution >= 4 is 5.97 Å². The SMILES string of the molecule is CCOC(=O)CCN(C)Cc1cnccn1. The average Bonchev–Trinajstić information content (AvgIpc) is 2.28. The Hall–Kier alpha value is -1.49. The topological polar surface area (TPSA) is 55.3 Å². The minimum atomic E-state index is -0.159. The molecule has 0 aliphatic rings. The monoisotopic (exact) mass is 223 g/mol. The van der Waals surface area contributed by atoms with E-state index in [4.69, 9.17) is 4.74 Å². The highest BCUT2D eigenvalue weighted by atomic mass is 16.5. The number of esters is 1. The second-order valence-electron chi connectivity index (χ2n) is 3.49. The van der Waals surface area contributed by atoms with E-state index in [1.165, 1.54) is 0 Å². The maximum absolute atomic E-state index is 11.1. The lowest BCUT2D eigenvalue weighted by Crippen LogP contribution is -2.22. The third-order valence-corrected chi connectivity index (χ3v) is 2.05. The Labute approximate surface area is 95.5 Å². The van der Waals surface area contributed by atoms with Gasteiger partial charge in [0.2, 0.25) is 0 Å². The van der Waals surface area contributed by atoms with Gasteiger partial charge in [0.25, 0.3) is 0 Å². The first-order chi connectivity index (χ1) is 7.72. The molecule has 0 saturated carbocycles. The molecule has 0 saturated heterocycles. The fourth-order valence-corrected chi connectivity index (χ4v) is 1.28. The fraction of sp³-hybridized carbons (Fsp3) is 0.545. The number of carbonyl (C=O) groups is 1. The minimum Gasteiger partial charge on any atom is -0.466 e. The Kier molecular flexibility index (Phi) is 5.42. The van der Waals surface area contributed by atoms with E-state index >= 15 is 0 Å². The molecule has 0 amide bonds. The van der Waals surface area contributed by atoms with Crippen LogP contribution in [-0.4, -0.2) is 41.0 Å². The molecule has 0 fully saturated rings. The van der Waals surface area contributed by atoms with Crippen molar-refractivity contribution in [2.75, 3.05) is 20.2 Å². The van der Waals surface area contributed by atoms with Crippen molar-refractivity contribution in [3.8, 4) is 0 Å². The quantitative estimate of drug-likeness (QED) is 0.669. The zero-order valence-electron chi connectivity index (χ0n) is 9.72. The van der Waals surface area contributed by atoms with E-state index in [1.807, 2.05) is 11.9 Å². The number of hydrogen-bond donors (Lipinski definition) is 0. The number of ether oxygens (including phenoxy) is 1. The molecule has 0 N–H and O–H groups in total. The molecule has 0 aliphatic carbocycles. The van der Waals surface area contributed by atoms with Crippen LogP contribution < -0.4 is 0 Å². The van der Waals surface area contributed by atoms with Crippen LogP contribution in [0.5, 0.6) is 0 Å². The molecule has 0 atom stereocenters. The Balaban J connectivity index is 2.26. The van der Waals surface area contributed by atoms with Crippen LogP contribution in [-0.2, 0) is 16.1 Å². The first-order valence-electron chi connectivity index (χ1n) is 5.31. The molecule has 5 nitrogen and oxygen atoms in total. The van der Waals surface area contributed by atoms with Gasteiger partial charge in [0.05, 0.1) is 18.7 Å². The maximum atomic E-state index is 11.1. The van der Waals surface area contributed by atoms with Gasteiger partial charge in [0, 0.05) is 31.7 Å². The van der Waals surface area contributed by atoms with Gasteiger partial charge in [-0.25, -0.2) is 0 Å². The molecule has 0 aromatic carbocycles. The summed E-state index contributed by atoms with van der Waals surface area (Å²) >= 11 is 0. The Bertz CT molecular complexity index is 316. The van der Waals surface area contributed by atoms with Crippen molar-refractivity contribution in [1.29, 1.82) is 0 Å². The van der Waals surface area contributed by atoms with E-state index in [0.29, 0.717) is 26.1 Å². The molecule has 1 heterocycles. The zero-order chi connectivity index (χ0) is 11.8. The first kappa shape index (κ1) is 12.6. The lowest BCUT2D eigenvalue weighted by molar-refractivity contribution is -0.143. The first-order valence-corrected chi connectivity index (χ1v) is 5.31. The standard InChI is InChI=1S/C11H17N3O2/c1-3-16-11(15)4-7-14(2)9-10-8-12-5-6-13-10/h5-6,8H,3-4,7,9H2,1-2H3. The second-order valence-corrected chi connectivity index (χ2v) is 3.49. The second kappa shape index (κ2) is 6.90. The van der Waals surface area contributed by atoms with Gasteiger partial charge in [-0.15, -0.1) is 0 Å². The van der Waals surface area contributed by atoms with Gasteiger partial charge in [-0.2, -0.15) is 0 Å². The summed E-state index contributed by atoms with van der Waals surface area (Å²) in [6.07, 6.45) is 5.43. The highest BCUT2D eigenvalue weighted by molar-refractivity contribution is 5.69. The molecular weight excluding hydrogens is 206 g/mol. The number of rotatable bonds is 6. The average molecular weight is 223 g/mol. The highest BCUT2D eigenvalue weighted by Crippen LogP contribution is 1.98. The summed E-state index contributed by atoms with van der Waals surface area (Å²) in [5.41, 5.74) is 0.897. The molecule has 1 aromatic heterocycles. The number of hydrogen-bond acceptors (Lipinski definition) is 5. The van der Waals surface area contributed by atoms with E-state index in [1.54, 1.807) is 25.5 Å². The summed E-state index contributed by atoms with van der Waals surface area (Å²) in [5, 5.41) is 0. The molecule has 16 heavy (non-hydrogen) atoms. The van der Waals surface area contributed by atoms with E-state index in [2.05, 4.69) is 9.97 Å². The van der Waals surface area contributed by atoms with Crippen molar-refractivity contribution in [1.82, 2.24) is 14.9 Å². The third-order valence-electron chi connectivity index (χ3n) is 2.05. The number of aromatic nitrogens is 2. The Morgan fingerprint density at radius 3 is 2.94 bits per heavy atom. The largest absolute Gasteiger partial charge is 0.466 e. The summed E-state index contributed by atoms with van der Waals surface area (Å²) < 4.78 is 4.85. The van der Waals surface area contributed by atoms with E-state index in [-0.39, 0.29) is 5.97 Å². The van der Waals surface area contributed by atoms with Crippen LogP contribution in [0.3, 0.4) is 0 Å². The van der Waals surface area contributed by atoms with Crippen molar-refractivity contribution in [2.45, 2.75) is 19.9 Å². The highest BCUT2D eigenvalue weighted by Gasteiger charge is 2.06. The molecule has 0 radical (unpaired) electrons. The summed E-state index contributed by atoms with van der Waals surface area (Å²) in [5.74, 6) is -0.159. The van der Waals surface area contributed by atoms with Gasteiger partial charge in [0.15, 0.2) is 0 Å². The predicted molar refractivity (Wildman–Crippen MR) is 59.6 cm³/mol. The molecule has 1 rings (SSSR count). The van der Waals surface area contributed by atoms with E-state index < -0.39 is 0 Å². The van der Waals surface area contributed by atoms with Crippen molar-refractivity contribution in [3.63, 3.8) is 0 Å². The van der Waals surface area contributed by atoms with Crippen molar-refractivity contribution in [3.05, 3.63) is 24.3 Å². The summed E-state index contributed by atoms with van der Waals surface area (Å²) in [7, 11) is 1.94. The predicted octanol–water partition coefficient (Wildman–Crippen LogP) is 0.862. The normalized spacial score (nSPS) is 10.4. The maximum Gasteiger partial charge on any atom is 0.307 e. The molecule has 1 aromatic rings. The Morgan fingerprint density at radius 2 is 2.31 bits per heavy atom. The Morgan fingerprint density at radius 1 is 1.50 bits per heavy atom. The fourth-order valence-electron chi connectivity index (χ4n) is 1.28. The lowest BCUT2D eigenvalue weighted by atomic mass is 10.3.